The maximum Gasteiger partial charge on any atom is 0.0606 e. The van der Waals surface area contributed by atoms with Gasteiger partial charge in [0.05, 0.1) is 6.21 Å². The first kappa shape index (κ1) is 17.4. The Labute approximate surface area is 132 Å². The van der Waals surface area contributed by atoms with Crippen molar-refractivity contribution in [3.8, 4) is 0 Å². The van der Waals surface area contributed by atoms with Gasteiger partial charge in [-0.3, -0.25) is 10.0 Å². The predicted molar refractivity (Wildman–Crippen MR) is 93.0 cm³/mol. The van der Waals surface area contributed by atoms with Gasteiger partial charge in [-0.15, -0.1) is 0 Å². The first-order chi connectivity index (χ1) is 9.52. The van der Waals surface area contributed by atoms with Crippen LogP contribution in [-0.4, -0.2) is 37.1 Å². The zero-order valence-electron chi connectivity index (χ0n) is 13.1. The number of nitrogens with zero attached hydrogens (tertiary/aromatic N) is 3. The van der Waals surface area contributed by atoms with Gasteiger partial charge in [0.2, 0.25) is 0 Å². The van der Waals surface area contributed by atoms with E-state index in [2.05, 4.69) is 39.5 Å². The SMILES string of the molecule is C=C(Br)/C=N\N(C)[C@H](C)CC(CC1CCCCC1)=NC. The van der Waals surface area contributed by atoms with Crippen molar-refractivity contribution in [2.75, 3.05) is 14.1 Å². The highest BCUT2D eigenvalue weighted by atomic mass is 79.9. The van der Waals surface area contributed by atoms with E-state index in [1.807, 2.05) is 19.1 Å². The summed E-state index contributed by atoms with van der Waals surface area (Å²) in [5.41, 5.74) is 1.34. The largest absolute Gasteiger partial charge is 0.297 e. The van der Waals surface area contributed by atoms with E-state index < -0.39 is 0 Å². The minimum absolute atomic E-state index is 0.361. The van der Waals surface area contributed by atoms with Gasteiger partial charge in [0, 0.05) is 36.8 Å². The third-order valence-corrected chi connectivity index (χ3v) is 4.32. The summed E-state index contributed by atoms with van der Waals surface area (Å²) in [6.45, 7) is 5.95. The number of hydrogen-bond donors (Lipinski definition) is 0. The number of hydrazone groups is 1. The van der Waals surface area contributed by atoms with E-state index in [0.717, 1.165) is 16.8 Å². The molecule has 1 aliphatic carbocycles. The summed E-state index contributed by atoms with van der Waals surface area (Å²) in [4.78, 5) is 4.51. The monoisotopic (exact) mass is 341 g/mol. The lowest BCUT2D eigenvalue weighted by atomic mass is 9.84. The van der Waals surface area contributed by atoms with Gasteiger partial charge in [0.1, 0.15) is 0 Å². The zero-order chi connectivity index (χ0) is 15.0. The van der Waals surface area contributed by atoms with Crippen LogP contribution in [0.2, 0.25) is 0 Å². The standard InChI is InChI=1S/C16H28BrN3/c1-13(17)12-19-20(4)14(2)10-16(18-3)11-15-8-6-5-7-9-15/h12,14-15H,1,5-11H2,2-4H3/b18-16?,19-12-/t14-/m1/s1. The molecule has 114 valence electrons. The molecule has 0 aliphatic heterocycles. The van der Waals surface area contributed by atoms with Crippen molar-refractivity contribution in [2.45, 2.75) is 57.9 Å². The minimum Gasteiger partial charge on any atom is -0.297 e. The molecule has 1 saturated carbocycles. The second-order valence-electron chi connectivity index (χ2n) is 5.82. The van der Waals surface area contributed by atoms with Gasteiger partial charge < -0.3 is 0 Å². The quantitative estimate of drug-likeness (QED) is 0.490. The van der Waals surface area contributed by atoms with Crippen LogP contribution in [-0.2, 0) is 0 Å². The van der Waals surface area contributed by atoms with Gasteiger partial charge in [0.25, 0.3) is 0 Å². The molecule has 1 rings (SSSR count). The van der Waals surface area contributed by atoms with Crippen LogP contribution in [0.3, 0.4) is 0 Å². The van der Waals surface area contributed by atoms with Crippen molar-refractivity contribution in [1.29, 1.82) is 0 Å². The molecule has 0 bridgehead atoms. The Bertz CT molecular complexity index is 357. The third-order valence-electron chi connectivity index (χ3n) is 4.11. The van der Waals surface area contributed by atoms with Crippen LogP contribution >= 0.6 is 15.9 Å². The Balaban J connectivity index is 2.44. The lowest BCUT2D eigenvalue weighted by Gasteiger charge is -2.25. The fourth-order valence-corrected chi connectivity index (χ4v) is 2.82. The number of allylic oxidation sites excluding steroid dienone is 1. The Morgan fingerprint density at radius 2 is 2.05 bits per heavy atom. The highest BCUT2D eigenvalue weighted by Gasteiger charge is 2.18. The highest BCUT2D eigenvalue weighted by molar-refractivity contribution is 9.12. The smallest absolute Gasteiger partial charge is 0.0606 e. The third kappa shape index (κ3) is 6.69. The van der Waals surface area contributed by atoms with Gasteiger partial charge in [-0.1, -0.05) is 38.7 Å². The lowest BCUT2D eigenvalue weighted by Crippen LogP contribution is -2.27. The molecule has 0 N–H and O–H groups in total. The number of rotatable bonds is 7. The lowest BCUT2D eigenvalue weighted by molar-refractivity contribution is 0.276. The van der Waals surface area contributed by atoms with Crippen molar-refractivity contribution in [1.82, 2.24) is 5.01 Å². The summed E-state index contributed by atoms with van der Waals surface area (Å²) in [5, 5.41) is 6.35. The second-order valence-corrected chi connectivity index (χ2v) is 6.83. The maximum absolute atomic E-state index is 4.51. The van der Waals surface area contributed by atoms with E-state index in [-0.39, 0.29) is 0 Å². The van der Waals surface area contributed by atoms with Crippen molar-refractivity contribution in [3.63, 3.8) is 0 Å². The summed E-state index contributed by atoms with van der Waals surface area (Å²) >= 11 is 3.29. The molecule has 1 fully saturated rings. The van der Waals surface area contributed by atoms with E-state index in [9.17, 15) is 0 Å². The molecule has 0 unspecified atom stereocenters. The predicted octanol–water partition coefficient (Wildman–Crippen LogP) is 4.63. The molecular weight excluding hydrogens is 314 g/mol. The molecule has 0 aromatic heterocycles. The summed E-state index contributed by atoms with van der Waals surface area (Å²) < 4.78 is 0.795. The molecule has 0 aromatic rings. The van der Waals surface area contributed by atoms with Gasteiger partial charge in [-0.25, -0.2) is 0 Å². The van der Waals surface area contributed by atoms with E-state index in [0.29, 0.717) is 6.04 Å². The van der Waals surface area contributed by atoms with Crippen molar-refractivity contribution >= 4 is 27.9 Å². The van der Waals surface area contributed by atoms with Crippen LogP contribution in [0.4, 0.5) is 0 Å². The summed E-state index contributed by atoms with van der Waals surface area (Å²) in [6, 6.07) is 0.361. The van der Waals surface area contributed by atoms with E-state index in [4.69, 9.17) is 0 Å². The van der Waals surface area contributed by atoms with Crippen LogP contribution in [0.25, 0.3) is 0 Å². The van der Waals surface area contributed by atoms with E-state index in [1.165, 1.54) is 44.2 Å². The van der Waals surface area contributed by atoms with Crippen LogP contribution in [0.1, 0.15) is 51.9 Å². The molecule has 4 heteroatoms. The highest BCUT2D eigenvalue weighted by Crippen LogP contribution is 2.27. The topological polar surface area (TPSA) is 28.0 Å². The van der Waals surface area contributed by atoms with Gasteiger partial charge in [-0.05, 0) is 35.2 Å². The van der Waals surface area contributed by atoms with Crippen molar-refractivity contribution in [3.05, 3.63) is 11.1 Å². The molecule has 1 aliphatic rings. The molecule has 3 nitrogen and oxygen atoms in total. The Morgan fingerprint density at radius 1 is 1.40 bits per heavy atom. The zero-order valence-corrected chi connectivity index (χ0v) is 14.7. The second kappa shape index (κ2) is 9.32. The van der Waals surface area contributed by atoms with E-state index in [1.54, 1.807) is 6.21 Å². The number of aliphatic imine (C=N–C) groups is 1. The average Bonchev–Trinajstić information content (AvgIpc) is 2.44. The van der Waals surface area contributed by atoms with Gasteiger partial charge >= 0.3 is 0 Å². The fraction of sp³-hybridized carbons (Fsp3) is 0.750. The van der Waals surface area contributed by atoms with Crippen LogP contribution in [0, 0.1) is 5.92 Å². The summed E-state index contributed by atoms with van der Waals surface area (Å²) in [5.74, 6) is 0.853. The minimum atomic E-state index is 0.361. The van der Waals surface area contributed by atoms with Crippen molar-refractivity contribution in [2.24, 2.45) is 16.0 Å². The van der Waals surface area contributed by atoms with Crippen LogP contribution in [0.5, 0.6) is 0 Å². The molecule has 0 heterocycles. The Hall–Kier alpha value is -0.640. The van der Waals surface area contributed by atoms with Gasteiger partial charge in [0.15, 0.2) is 0 Å². The number of hydrogen-bond acceptors (Lipinski definition) is 3. The van der Waals surface area contributed by atoms with Gasteiger partial charge in [-0.2, -0.15) is 5.10 Å². The fourth-order valence-electron chi connectivity index (χ4n) is 2.73. The first-order valence-corrected chi connectivity index (χ1v) is 8.38. The molecule has 0 amide bonds. The van der Waals surface area contributed by atoms with Crippen LogP contribution in [0.15, 0.2) is 21.2 Å². The summed E-state index contributed by atoms with van der Waals surface area (Å²) in [6.07, 6.45) is 10.9. The average molecular weight is 342 g/mol. The molecule has 0 radical (unpaired) electrons. The molecule has 0 saturated heterocycles. The first-order valence-electron chi connectivity index (χ1n) is 7.58. The Morgan fingerprint density at radius 3 is 2.60 bits per heavy atom. The molecule has 0 aromatic carbocycles. The molecule has 20 heavy (non-hydrogen) atoms. The Kier molecular flexibility index (Phi) is 8.12. The van der Waals surface area contributed by atoms with Crippen molar-refractivity contribution < 1.29 is 0 Å². The molecule has 0 spiro atoms. The maximum atomic E-state index is 4.51. The van der Waals surface area contributed by atoms with Crippen LogP contribution < -0.4 is 0 Å². The molecular formula is C16H28BrN3. The van der Waals surface area contributed by atoms with E-state index >= 15 is 0 Å². The number of halogens is 1. The molecule has 1 atom stereocenters. The summed E-state index contributed by atoms with van der Waals surface area (Å²) in [7, 11) is 3.93. The normalized spacial score (nSPS) is 19.3.